The zero-order valence-electron chi connectivity index (χ0n) is 30.4. The van der Waals surface area contributed by atoms with Gasteiger partial charge in [-0.25, -0.2) is 0 Å². The number of ether oxygens (including phenoxy) is 4. The van der Waals surface area contributed by atoms with Crippen LogP contribution in [0.15, 0.2) is 97.1 Å². The molecule has 0 unspecified atom stereocenters. The van der Waals surface area contributed by atoms with Crippen LogP contribution in [0.2, 0.25) is 0 Å². The van der Waals surface area contributed by atoms with Gasteiger partial charge in [-0.3, -0.25) is 0 Å². The van der Waals surface area contributed by atoms with Crippen LogP contribution in [-0.4, -0.2) is 72.5 Å². The fraction of sp³-hybridized carbons (Fsp3) is 0.400. The summed E-state index contributed by atoms with van der Waals surface area (Å²) in [4.78, 5) is 0. The van der Waals surface area contributed by atoms with Crippen molar-refractivity contribution in [3.8, 4) is 46.0 Å². The van der Waals surface area contributed by atoms with Crippen LogP contribution in [0, 0.1) is 0 Å². The summed E-state index contributed by atoms with van der Waals surface area (Å²) in [5.41, 5.74) is 0. The first-order valence-electron chi connectivity index (χ1n) is 16.9. The maximum absolute atomic E-state index is 10.7. The Kier molecular flexibility index (Phi) is 32.3. The van der Waals surface area contributed by atoms with E-state index in [4.69, 9.17) is 18.9 Å². The Morgan fingerprint density at radius 2 is 0.480 bits per heavy atom. The van der Waals surface area contributed by atoms with Gasteiger partial charge >= 0.3 is 46.1 Å². The van der Waals surface area contributed by atoms with Crippen molar-refractivity contribution in [1.82, 2.24) is 0 Å². The zero-order valence-corrected chi connectivity index (χ0v) is 33.2. The van der Waals surface area contributed by atoms with Gasteiger partial charge in [-0.15, -0.1) is 23.0 Å². The summed E-state index contributed by atoms with van der Waals surface area (Å²) in [7, 11) is 0. The molecule has 0 atom stereocenters. The Morgan fingerprint density at radius 3 is 0.620 bits per heavy atom. The van der Waals surface area contributed by atoms with Crippen LogP contribution in [0.5, 0.6) is 46.0 Å². The number of hydrogen-bond donors (Lipinski definition) is 0. The first-order chi connectivity index (χ1) is 23.3. The molecule has 0 aromatic heterocycles. The maximum atomic E-state index is 10.7. The van der Waals surface area contributed by atoms with Crippen molar-refractivity contribution in [3.63, 3.8) is 0 Å². The summed E-state index contributed by atoms with van der Waals surface area (Å²) in [6.07, 6.45) is 8.72. The van der Waals surface area contributed by atoms with Crippen molar-refractivity contribution in [2.24, 2.45) is 0 Å². The smallest absolute Gasteiger partial charge is 0.872 e. The monoisotopic (exact) mass is 708 g/mol. The SMILES string of the molecule is CCCCOc1ccc([O-])cc1.CCCCOc1ccc([O-])cc1.CCCCOc1ccc([O-])cc1.CCCCOc1ccc([O-])cc1.[Mg+2].[Mg+2]. The molecule has 50 heavy (non-hydrogen) atoms. The first kappa shape index (κ1) is 48.9. The molecule has 0 saturated heterocycles. The minimum atomic E-state index is 0. The van der Waals surface area contributed by atoms with Crippen molar-refractivity contribution < 1.29 is 39.4 Å². The summed E-state index contributed by atoms with van der Waals surface area (Å²) < 4.78 is 21.4. The van der Waals surface area contributed by atoms with Crippen LogP contribution in [0.3, 0.4) is 0 Å². The van der Waals surface area contributed by atoms with E-state index >= 15 is 0 Å². The van der Waals surface area contributed by atoms with E-state index in [1.807, 2.05) is 0 Å². The number of rotatable bonds is 16. The van der Waals surface area contributed by atoms with E-state index in [9.17, 15) is 20.4 Å². The summed E-state index contributed by atoms with van der Waals surface area (Å²) in [5, 5.41) is 42.8. The molecule has 4 aromatic rings. The van der Waals surface area contributed by atoms with Crippen LogP contribution >= 0.6 is 0 Å². The van der Waals surface area contributed by atoms with Gasteiger partial charge in [-0.2, -0.15) is 0 Å². The summed E-state index contributed by atoms with van der Waals surface area (Å²) >= 11 is 0. The van der Waals surface area contributed by atoms with E-state index in [1.54, 1.807) is 48.5 Å². The molecule has 0 fully saturated rings. The molecule has 0 heterocycles. The third kappa shape index (κ3) is 26.7. The second-order valence-electron chi connectivity index (χ2n) is 10.7. The van der Waals surface area contributed by atoms with Crippen LogP contribution in [-0.2, 0) is 0 Å². The molecule has 0 bridgehead atoms. The van der Waals surface area contributed by atoms with E-state index in [-0.39, 0.29) is 69.1 Å². The van der Waals surface area contributed by atoms with Crippen molar-refractivity contribution in [2.45, 2.75) is 79.1 Å². The first-order valence-corrected chi connectivity index (χ1v) is 16.9. The van der Waals surface area contributed by atoms with Gasteiger partial charge in [0.05, 0.1) is 26.4 Å². The molecule has 0 radical (unpaired) electrons. The predicted octanol–water partition coefficient (Wildman–Crippen LogP) is 6.99. The maximum Gasteiger partial charge on any atom is 2.00 e. The molecule has 0 amide bonds. The van der Waals surface area contributed by atoms with Crippen LogP contribution in [0.4, 0.5) is 0 Å². The standard InChI is InChI=1S/4C10H14O2.2Mg/c4*1-2-3-8-12-10-6-4-9(11)5-7-10;;/h4*4-7,11H,2-3,8H2,1H3;;/q;;;;2*+2/p-4. The Labute approximate surface area is 332 Å². The summed E-state index contributed by atoms with van der Waals surface area (Å²) in [6.45, 7) is 11.4. The number of unbranched alkanes of at least 4 members (excludes halogenated alkanes) is 4. The van der Waals surface area contributed by atoms with Gasteiger partial charge in [-0.1, -0.05) is 102 Å². The van der Waals surface area contributed by atoms with Crippen molar-refractivity contribution in [1.29, 1.82) is 0 Å². The summed E-state index contributed by atoms with van der Waals surface area (Å²) in [5.74, 6) is 3.23. The van der Waals surface area contributed by atoms with Crippen molar-refractivity contribution >= 4 is 46.1 Å². The molecule has 8 nitrogen and oxygen atoms in total. The summed E-state index contributed by atoms with van der Waals surface area (Å²) in [6, 6.07) is 25.8. The minimum absolute atomic E-state index is 0. The molecular weight excluding hydrogens is 657 g/mol. The largest absolute Gasteiger partial charge is 2.00 e. The third-order valence-corrected chi connectivity index (χ3v) is 6.36. The third-order valence-electron chi connectivity index (χ3n) is 6.36. The molecule has 4 rings (SSSR count). The molecule has 10 heteroatoms. The average molecular weight is 709 g/mol. The van der Waals surface area contributed by atoms with E-state index in [1.165, 1.54) is 48.5 Å². The van der Waals surface area contributed by atoms with Gasteiger partial charge in [0.1, 0.15) is 23.0 Å². The van der Waals surface area contributed by atoms with Gasteiger partial charge in [0.25, 0.3) is 0 Å². The molecule has 0 spiro atoms. The molecule has 0 aliphatic carbocycles. The Bertz CT molecular complexity index is 1080. The van der Waals surface area contributed by atoms with E-state index in [0.29, 0.717) is 0 Å². The van der Waals surface area contributed by atoms with Gasteiger partial charge in [-0.05, 0) is 74.2 Å². The van der Waals surface area contributed by atoms with E-state index < -0.39 is 0 Å². The second-order valence-corrected chi connectivity index (χ2v) is 10.7. The van der Waals surface area contributed by atoms with Gasteiger partial charge in [0.2, 0.25) is 0 Å². The quantitative estimate of drug-likeness (QED) is 0.0899. The average Bonchev–Trinajstić information content (AvgIpc) is 3.10. The van der Waals surface area contributed by atoms with Crippen LogP contribution < -0.4 is 39.4 Å². The fourth-order valence-corrected chi connectivity index (χ4v) is 3.48. The Hall–Kier alpha value is -3.19. The fourth-order valence-electron chi connectivity index (χ4n) is 3.48. The number of hydrogen-bond acceptors (Lipinski definition) is 8. The molecule has 264 valence electrons. The molecule has 0 saturated carbocycles. The number of benzene rings is 4. The molecule has 0 N–H and O–H groups in total. The zero-order chi connectivity index (χ0) is 35.2. The van der Waals surface area contributed by atoms with Crippen LogP contribution in [0.1, 0.15) is 79.1 Å². The predicted molar refractivity (Wildman–Crippen MR) is 197 cm³/mol. The Balaban J connectivity index is 0. The minimum Gasteiger partial charge on any atom is -0.872 e. The van der Waals surface area contributed by atoms with E-state index in [2.05, 4.69) is 27.7 Å². The Morgan fingerprint density at radius 1 is 0.320 bits per heavy atom. The van der Waals surface area contributed by atoms with Crippen LogP contribution in [0.25, 0.3) is 0 Å². The van der Waals surface area contributed by atoms with E-state index in [0.717, 1.165) is 101 Å². The molecule has 0 aliphatic heterocycles. The van der Waals surface area contributed by atoms with Gasteiger partial charge in [0, 0.05) is 0 Å². The van der Waals surface area contributed by atoms with Gasteiger partial charge < -0.3 is 39.4 Å². The normalized spacial score (nSPS) is 9.36. The molecule has 4 aromatic carbocycles. The second kappa shape index (κ2) is 33.0. The van der Waals surface area contributed by atoms with Crippen molar-refractivity contribution in [2.75, 3.05) is 26.4 Å². The van der Waals surface area contributed by atoms with Gasteiger partial charge in [0.15, 0.2) is 0 Å². The molecular formula is C40H52Mg2O8. The van der Waals surface area contributed by atoms with Crippen molar-refractivity contribution in [3.05, 3.63) is 97.1 Å². The molecule has 0 aliphatic rings. The topological polar surface area (TPSA) is 129 Å².